The molecule has 0 spiro atoms. The van der Waals surface area contributed by atoms with Crippen LogP contribution in [0.3, 0.4) is 0 Å². The monoisotopic (exact) mass is 194 g/mol. The summed E-state index contributed by atoms with van der Waals surface area (Å²) in [6, 6.07) is 0. The van der Waals surface area contributed by atoms with Crippen molar-refractivity contribution in [2.45, 2.75) is 72.6 Å². The molecule has 1 aliphatic carbocycles. The predicted molar refractivity (Wildman–Crippen MR) is 64.5 cm³/mol. The molecule has 0 unspecified atom stereocenters. The van der Waals surface area contributed by atoms with Crippen molar-refractivity contribution in [1.82, 2.24) is 0 Å². The molecule has 0 bridgehead atoms. The maximum absolute atomic E-state index is 2.36. The summed E-state index contributed by atoms with van der Waals surface area (Å²) in [7, 11) is 0. The Morgan fingerprint density at radius 1 is 0.929 bits per heavy atom. The summed E-state index contributed by atoms with van der Waals surface area (Å²) in [5.74, 6) is 0. The molecule has 0 radical (unpaired) electrons. The third kappa shape index (κ3) is 2.87. The van der Waals surface area contributed by atoms with Crippen molar-refractivity contribution in [1.29, 1.82) is 0 Å². The van der Waals surface area contributed by atoms with Crippen molar-refractivity contribution in [3.63, 3.8) is 0 Å². The molecule has 1 rings (SSSR count). The summed E-state index contributed by atoms with van der Waals surface area (Å²) >= 11 is 0. The zero-order chi connectivity index (χ0) is 10.6. The van der Waals surface area contributed by atoms with Crippen molar-refractivity contribution >= 4 is 0 Å². The molecule has 0 nitrogen and oxygen atoms in total. The lowest BCUT2D eigenvalue weighted by Gasteiger charge is -2.04. The van der Waals surface area contributed by atoms with Gasteiger partial charge in [-0.15, -0.1) is 0 Å². The minimum absolute atomic E-state index is 0.503. The normalized spacial score (nSPS) is 18.9. The smallest absolute Gasteiger partial charge is 0.00671 e. The summed E-state index contributed by atoms with van der Waals surface area (Å²) in [6.45, 7) is 9.29. The van der Waals surface area contributed by atoms with Crippen LogP contribution in [0.1, 0.15) is 72.6 Å². The van der Waals surface area contributed by atoms with Crippen LogP contribution < -0.4 is 0 Å². The lowest BCUT2D eigenvalue weighted by molar-refractivity contribution is 0.587. The quantitative estimate of drug-likeness (QED) is 0.391. The van der Waals surface area contributed by atoms with E-state index in [2.05, 4.69) is 27.7 Å². The fraction of sp³-hybridized carbons (Fsp3) is 0.857. The molecular weight excluding hydrogens is 168 g/mol. The third-order valence-corrected chi connectivity index (χ3v) is 3.86. The van der Waals surface area contributed by atoms with Gasteiger partial charge in [0.2, 0.25) is 0 Å². The molecule has 0 amide bonds. The molecule has 14 heavy (non-hydrogen) atoms. The average Bonchev–Trinajstić information content (AvgIpc) is 2.60. The molecule has 0 saturated heterocycles. The van der Waals surface area contributed by atoms with Gasteiger partial charge in [-0.3, -0.25) is 0 Å². The minimum atomic E-state index is 0.503. The van der Waals surface area contributed by atoms with Crippen LogP contribution in [-0.4, -0.2) is 0 Å². The Balaban J connectivity index is 1.96. The first-order chi connectivity index (χ1) is 6.60. The maximum atomic E-state index is 2.36. The molecule has 0 aromatic rings. The first kappa shape index (κ1) is 11.8. The lowest BCUT2D eigenvalue weighted by atomic mass is 10.0. The van der Waals surface area contributed by atoms with E-state index in [1.54, 1.807) is 11.1 Å². The van der Waals surface area contributed by atoms with Gasteiger partial charge < -0.3 is 0 Å². The van der Waals surface area contributed by atoms with E-state index in [0.717, 1.165) is 0 Å². The Hall–Kier alpha value is -0.260. The van der Waals surface area contributed by atoms with Gasteiger partial charge in [-0.05, 0) is 19.8 Å². The Bertz CT molecular complexity index is 208. The molecule has 0 aliphatic heterocycles. The van der Waals surface area contributed by atoms with E-state index < -0.39 is 0 Å². The van der Waals surface area contributed by atoms with Crippen LogP contribution in [0.15, 0.2) is 11.1 Å². The van der Waals surface area contributed by atoms with Crippen molar-refractivity contribution in [3.05, 3.63) is 11.1 Å². The van der Waals surface area contributed by atoms with Gasteiger partial charge in [0, 0.05) is 5.41 Å². The second-order valence-corrected chi connectivity index (χ2v) is 5.25. The Labute approximate surface area is 89.8 Å². The highest BCUT2D eigenvalue weighted by molar-refractivity contribution is 5.45. The SMILES string of the molecule is CCCCCCCCC1=C(C)C1(C)C. The van der Waals surface area contributed by atoms with E-state index in [0.29, 0.717) is 5.41 Å². The van der Waals surface area contributed by atoms with Gasteiger partial charge in [0.1, 0.15) is 0 Å². The van der Waals surface area contributed by atoms with Gasteiger partial charge in [0.25, 0.3) is 0 Å². The zero-order valence-corrected chi connectivity index (χ0v) is 10.4. The van der Waals surface area contributed by atoms with E-state index in [1.807, 2.05) is 0 Å². The van der Waals surface area contributed by atoms with Gasteiger partial charge in [0.05, 0.1) is 0 Å². The molecular formula is C14H26. The summed E-state index contributed by atoms with van der Waals surface area (Å²) < 4.78 is 0. The van der Waals surface area contributed by atoms with Crippen LogP contribution in [0.5, 0.6) is 0 Å². The predicted octanol–water partition coefficient (Wildman–Crippen LogP) is 5.09. The second kappa shape index (κ2) is 5.00. The molecule has 0 heteroatoms. The molecule has 82 valence electrons. The Kier molecular flexibility index (Phi) is 4.22. The molecule has 0 fully saturated rings. The largest absolute Gasteiger partial charge is 0.0654 e. The average molecular weight is 194 g/mol. The van der Waals surface area contributed by atoms with E-state index in [1.165, 1.54) is 44.9 Å². The third-order valence-electron chi connectivity index (χ3n) is 3.86. The number of allylic oxidation sites excluding steroid dienone is 2. The van der Waals surface area contributed by atoms with Crippen LogP contribution in [0, 0.1) is 5.41 Å². The van der Waals surface area contributed by atoms with Crippen molar-refractivity contribution in [2.24, 2.45) is 5.41 Å². The highest BCUT2D eigenvalue weighted by atomic mass is 14.4. The first-order valence-corrected chi connectivity index (χ1v) is 6.31. The van der Waals surface area contributed by atoms with Gasteiger partial charge in [-0.25, -0.2) is 0 Å². The zero-order valence-electron chi connectivity index (χ0n) is 10.4. The van der Waals surface area contributed by atoms with Gasteiger partial charge in [0.15, 0.2) is 0 Å². The van der Waals surface area contributed by atoms with Crippen molar-refractivity contribution in [3.8, 4) is 0 Å². The minimum Gasteiger partial charge on any atom is -0.0654 e. The van der Waals surface area contributed by atoms with E-state index in [4.69, 9.17) is 0 Å². The number of hydrogen-bond donors (Lipinski definition) is 0. The van der Waals surface area contributed by atoms with Crippen LogP contribution in [0.4, 0.5) is 0 Å². The van der Waals surface area contributed by atoms with Crippen molar-refractivity contribution < 1.29 is 0 Å². The van der Waals surface area contributed by atoms with Crippen LogP contribution in [0.25, 0.3) is 0 Å². The van der Waals surface area contributed by atoms with Crippen LogP contribution in [-0.2, 0) is 0 Å². The van der Waals surface area contributed by atoms with Gasteiger partial charge in [-0.1, -0.05) is 64.0 Å². The highest BCUT2D eigenvalue weighted by Crippen LogP contribution is 2.53. The molecule has 0 atom stereocenters. The van der Waals surface area contributed by atoms with Gasteiger partial charge >= 0.3 is 0 Å². The van der Waals surface area contributed by atoms with E-state index in [-0.39, 0.29) is 0 Å². The second-order valence-electron chi connectivity index (χ2n) is 5.25. The first-order valence-electron chi connectivity index (χ1n) is 6.31. The summed E-state index contributed by atoms with van der Waals surface area (Å²) in [5, 5.41) is 0. The number of rotatable bonds is 7. The standard InChI is InChI=1S/C14H26/c1-5-6-7-8-9-10-11-13-12(2)14(13,3)4/h5-11H2,1-4H3. The lowest BCUT2D eigenvalue weighted by Crippen LogP contribution is -1.91. The number of hydrogen-bond acceptors (Lipinski definition) is 0. The molecule has 0 aromatic heterocycles. The van der Waals surface area contributed by atoms with E-state index >= 15 is 0 Å². The molecule has 0 saturated carbocycles. The summed E-state index contributed by atoms with van der Waals surface area (Å²) in [4.78, 5) is 0. The fourth-order valence-electron chi connectivity index (χ4n) is 2.33. The Morgan fingerprint density at radius 3 is 1.93 bits per heavy atom. The summed E-state index contributed by atoms with van der Waals surface area (Å²) in [6.07, 6.45) is 9.89. The molecule has 0 heterocycles. The number of unbranched alkanes of at least 4 members (excludes halogenated alkanes) is 5. The molecule has 1 aliphatic rings. The van der Waals surface area contributed by atoms with Crippen LogP contribution in [0.2, 0.25) is 0 Å². The van der Waals surface area contributed by atoms with Crippen molar-refractivity contribution in [2.75, 3.05) is 0 Å². The van der Waals surface area contributed by atoms with E-state index in [9.17, 15) is 0 Å². The molecule has 0 N–H and O–H groups in total. The fourth-order valence-corrected chi connectivity index (χ4v) is 2.33. The maximum Gasteiger partial charge on any atom is 0.00671 e. The van der Waals surface area contributed by atoms with Gasteiger partial charge in [-0.2, -0.15) is 0 Å². The topological polar surface area (TPSA) is 0 Å². The molecule has 0 aromatic carbocycles. The highest BCUT2D eigenvalue weighted by Gasteiger charge is 2.40. The van der Waals surface area contributed by atoms with Crippen LogP contribution >= 0.6 is 0 Å². The Morgan fingerprint density at radius 2 is 1.43 bits per heavy atom. The summed E-state index contributed by atoms with van der Waals surface area (Å²) in [5.41, 5.74) is 3.91.